The standard InChI is InChI=1S/C36H62N2O28/c1-10(46)38-17-21(50)28(63-35-27(56)31(20(49)14(5-42)59-35)66-34-24(53)22(51)18(47)12(3-40)58-34)15(6-43)61-32(17)65-30-19(48)13(4-41)60-36(26(30)55)64-29-16(7-44)62-33(25(54)23(29)52)57-8-11(2-39)37-9-45/h9,11-36,39-44,47-56H,2-8H2,1H3,(H,37,45)(H,38,46)/t11-,12-,13-,14-,15-,16-,17-,18+,19+,20+,21-,22+,23-,24-,25-,26-,27-,28+,29-,30+,31+,32+,33-,34-,35+,36+/m1/s1. The van der Waals surface area contributed by atoms with Crippen molar-refractivity contribution in [1.82, 2.24) is 10.6 Å². The SMILES string of the molecule is CC(=O)N[C@H]1[C@H](O[C@H]2[C@@H](O)[C@@H](CO)O[C@@H](O[C@H]3[C@H](O)[C@@H](O)[C@H](OC[C@@H](CO)NC=O)O[C@@H]3CO)[C@@H]2O)O[C@H](CO)[C@H](O[C@@H]2O[C@H](CO)[C@H](O)[C@H](O[C@H]3O[C@H](CO)[C@H](O)[C@H](O)[C@H]3O)[C@H]2O)[C@@H]1O. The summed E-state index contributed by atoms with van der Waals surface area (Å²) < 4.78 is 56.3. The van der Waals surface area contributed by atoms with Gasteiger partial charge in [-0.25, -0.2) is 0 Å². The predicted molar refractivity (Wildman–Crippen MR) is 202 cm³/mol. The summed E-state index contributed by atoms with van der Waals surface area (Å²) in [6.45, 7) is -4.67. The van der Waals surface area contributed by atoms with E-state index in [9.17, 15) is 91.3 Å². The van der Waals surface area contributed by atoms with Crippen LogP contribution in [0.15, 0.2) is 0 Å². The minimum atomic E-state index is -2.13. The van der Waals surface area contributed by atoms with Crippen LogP contribution in [0.2, 0.25) is 0 Å². The predicted octanol–water partition coefficient (Wildman–Crippen LogP) is -12.6. The van der Waals surface area contributed by atoms with E-state index in [-0.39, 0.29) is 6.41 Å². The maximum Gasteiger partial charge on any atom is 0.217 e. The molecule has 0 aromatic carbocycles. The molecule has 26 atom stereocenters. The van der Waals surface area contributed by atoms with Crippen LogP contribution in [0.3, 0.4) is 0 Å². The molecule has 0 radical (unpaired) electrons. The molecule has 5 aliphatic rings. The number of carbonyl (C=O) groups excluding carboxylic acids is 2. The molecule has 30 heteroatoms. The van der Waals surface area contributed by atoms with Crippen molar-refractivity contribution < 1.29 is 139 Å². The van der Waals surface area contributed by atoms with Gasteiger partial charge in [-0.3, -0.25) is 9.59 Å². The minimum Gasteiger partial charge on any atom is -0.394 e. The van der Waals surface area contributed by atoms with Gasteiger partial charge in [0.05, 0.1) is 52.3 Å². The molecule has 0 unspecified atom stereocenters. The molecule has 384 valence electrons. The number of nitrogens with one attached hydrogen (secondary N) is 2. The monoisotopic (exact) mass is 970 g/mol. The van der Waals surface area contributed by atoms with Gasteiger partial charge in [0.1, 0.15) is 122 Å². The molecule has 0 aliphatic carbocycles. The van der Waals surface area contributed by atoms with E-state index >= 15 is 0 Å². The lowest BCUT2D eigenvalue weighted by Crippen LogP contribution is -2.70. The van der Waals surface area contributed by atoms with Gasteiger partial charge in [-0.05, 0) is 0 Å². The van der Waals surface area contributed by atoms with Crippen LogP contribution in [0.25, 0.3) is 0 Å². The van der Waals surface area contributed by atoms with E-state index in [4.69, 9.17) is 47.4 Å². The zero-order chi connectivity index (χ0) is 48.7. The highest BCUT2D eigenvalue weighted by Crippen LogP contribution is 2.36. The highest BCUT2D eigenvalue weighted by molar-refractivity contribution is 5.73. The van der Waals surface area contributed by atoms with Crippen molar-refractivity contribution in [2.75, 3.05) is 46.2 Å². The molecular weight excluding hydrogens is 908 g/mol. The number of rotatable bonds is 20. The fraction of sp³-hybridized carbons (Fsp3) is 0.944. The van der Waals surface area contributed by atoms with E-state index in [0.29, 0.717) is 0 Å². The highest BCUT2D eigenvalue weighted by Gasteiger charge is 2.57. The normalized spacial score (nSPS) is 47.2. The number of aliphatic hydroxyl groups excluding tert-OH is 16. The van der Waals surface area contributed by atoms with Crippen molar-refractivity contribution >= 4 is 12.3 Å². The van der Waals surface area contributed by atoms with Crippen LogP contribution in [0, 0.1) is 0 Å². The van der Waals surface area contributed by atoms with Gasteiger partial charge >= 0.3 is 0 Å². The molecule has 2 amide bonds. The van der Waals surface area contributed by atoms with Crippen molar-refractivity contribution in [1.29, 1.82) is 0 Å². The number of aliphatic hydroxyl groups is 16. The smallest absolute Gasteiger partial charge is 0.217 e. The molecule has 5 heterocycles. The second-order valence-electron chi connectivity index (χ2n) is 16.2. The molecule has 30 nitrogen and oxygen atoms in total. The van der Waals surface area contributed by atoms with Gasteiger partial charge in [0.15, 0.2) is 31.5 Å². The van der Waals surface area contributed by atoms with Crippen LogP contribution in [-0.2, 0) is 57.0 Å². The molecule has 66 heavy (non-hydrogen) atoms. The third kappa shape index (κ3) is 12.1. The first-order valence-electron chi connectivity index (χ1n) is 20.8. The van der Waals surface area contributed by atoms with Crippen molar-refractivity contribution in [3.63, 3.8) is 0 Å². The maximum absolute atomic E-state index is 12.5. The van der Waals surface area contributed by atoms with E-state index in [2.05, 4.69) is 10.6 Å². The summed E-state index contributed by atoms with van der Waals surface area (Å²) in [5, 5.41) is 174. The van der Waals surface area contributed by atoms with Gasteiger partial charge in [0.2, 0.25) is 12.3 Å². The van der Waals surface area contributed by atoms with Crippen LogP contribution in [-0.4, -0.2) is 300 Å². The van der Waals surface area contributed by atoms with E-state index < -0.39 is 212 Å². The summed E-state index contributed by atoms with van der Waals surface area (Å²) in [5.74, 6) is -0.834. The van der Waals surface area contributed by atoms with E-state index in [1.165, 1.54) is 0 Å². The van der Waals surface area contributed by atoms with Gasteiger partial charge in [-0.1, -0.05) is 0 Å². The molecule has 5 rings (SSSR count). The zero-order valence-electron chi connectivity index (χ0n) is 35.1. The summed E-state index contributed by atoms with van der Waals surface area (Å²) in [5.41, 5.74) is 0. The highest BCUT2D eigenvalue weighted by atomic mass is 16.8. The summed E-state index contributed by atoms with van der Waals surface area (Å²) >= 11 is 0. The lowest BCUT2D eigenvalue weighted by molar-refractivity contribution is -0.387. The van der Waals surface area contributed by atoms with Crippen LogP contribution in [0.5, 0.6) is 0 Å². The lowest BCUT2D eigenvalue weighted by Gasteiger charge is -2.50. The van der Waals surface area contributed by atoms with Crippen LogP contribution < -0.4 is 10.6 Å². The molecular formula is C36H62N2O28. The fourth-order valence-corrected chi connectivity index (χ4v) is 8.01. The summed E-state index contributed by atoms with van der Waals surface area (Å²) in [4.78, 5) is 23.3. The third-order valence-electron chi connectivity index (χ3n) is 11.7. The molecule has 5 fully saturated rings. The van der Waals surface area contributed by atoms with Gasteiger partial charge < -0.3 is 140 Å². The van der Waals surface area contributed by atoms with Gasteiger partial charge in [0, 0.05) is 6.92 Å². The van der Waals surface area contributed by atoms with E-state index in [1.54, 1.807) is 0 Å². The molecule has 0 aromatic heterocycles. The molecule has 18 N–H and O–H groups in total. The summed E-state index contributed by atoms with van der Waals surface area (Å²) in [7, 11) is 0. The quantitative estimate of drug-likeness (QED) is 0.0504. The summed E-state index contributed by atoms with van der Waals surface area (Å²) in [6, 6.07) is -2.69. The summed E-state index contributed by atoms with van der Waals surface area (Å²) in [6.07, 6.45) is -44.3. The van der Waals surface area contributed by atoms with Gasteiger partial charge in [0.25, 0.3) is 0 Å². The van der Waals surface area contributed by atoms with Crippen LogP contribution in [0.4, 0.5) is 0 Å². The number of hydrogen-bond donors (Lipinski definition) is 18. The van der Waals surface area contributed by atoms with E-state index in [1.807, 2.05) is 0 Å². The largest absolute Gasteiger partial charge is 0.394 e. The zero-order valence-corrected chi connectivity index (χ0v) is 35.1. The first kappa shape index (κ1) is 54.8. The van der Waals surface area contributed by atoms with Crippen molar-refractivity contribution in [3.8, 4) is 0 Å². The number of hydrogen-bond acceptors (Lipinski definition) is 28. The molecule has 0 bridgehead atoms. The third-order valence-corrected chi connectivity index (χ3v) is 11.7. The topological polar surface area (TPSA) is 474 Å². The van der Waals surface area contributed by atoms with Gasteiger partial charge in [-0.15, -0.1) is 0 Å². The average molecular weight is 971 g/mol. The Morgan fingerprint density at radius 1 is 0.485 bits per heavy atom. The van der Waals surface area contributed by atoms with E-state index in [0.717, 1.165) is 6.92 Å². The second-order valence-corrected chi connectivity index (χ2v) is 16.2. The second kappa shape index (κ2) is 24.6. The average Bonchev–Trinajstić information content (AvgIpc) is 3.30. The Hall–Kier alpha value is -2.10. The molecule has 5 saturated heterocycles. The maximum atomic E-state index is 12.5. The first-order chi connectivity index (χ1) is 31.4. The Kier molecular flexibility index (Phi) is 20.5. The lowest BCUT2D eigenvalue weighted by atomic mass is 9.94. The Labute approximate surface area is 374 Å². The molecule has 0 aromatic rings. The number of carbonyl (C=O) groups is 2. The van der Waals surface area contributed by atoms with Crippen molar-refractivity contribution in [2.24, 2.45) is 0 Å². The van der Waals surface area contributed by atoms with Crippen LogP contribution >= 0.6 is 0 Å². The Bertz CT molecular complexity index is 1490. The Morgan fingerprint density at radius 2 is 0.879 bits per heavy atom. The minimum absolute atomic E-state index is 0.285. The number of ether oxygens (including phenoxy) is 10. The molecule has 0 spiro atoms. The Balaban J connectivity index is 1.33. The van der Waals surface area contributed by atoms with Crippen molar-refractivity contribution in [2.45, 2.75) is 166 Å². The van der Waals surface area contributed by atoms with Crippen LogP contribution in [0.1, 0.15) is 6.92 Å². The van der Waals surface area contributed by atoms with Gasteiger partial charge in [-0.2, -0.15) is 0 Å². The van der Waals surface area contributed by atoms with Crippen molar-refractivity contribution in [3.05, 3.63) is 0 Å². The number of amides is 2. The Morgan fingerprint density at radius 3 is 1.33 bits per heavy atom. The molecule has 0 saturated carbocycles. The fourth-order valence-electron chi connectivity index (χ4n) is 8.01. The molecule has 5 aliphatic heterocycles. The first-order valence-corrected chi connectivity index (χ1v) is 20.8.